The van der Waals surface area contributed by atoms with Crippen molar-refractivity contribution in [2.75, 3.05) is 26.3 Å². The van der Waals surface area contributed by atoms with Gasteiger partial charge in [0, 0.05) is 12.0 Å². The molecule has 0 spiro atoms. The van der Waals surface area contributed by atoms with Gasteiger partial charge in [0.2, 0.25) is 0 Å². The lowest BCUT2D eigenvalue weighted by Gasteiger charge is -2.62. The first kappa shape index (κ1) is 25.4. The summed E-state index contributed by atoms with van der Waals surface area (Å²) in [6.45, 7) is 7.06. The molecule has 6 N–H and O–H groups in total. The number of hydrogen-bond acceptors (Lipinski definition) is 7. The van der Waals surface area contributed by atoms with Crippen molar-refractivity contribution in [1.29, 1.82) is 0 Å². The second kappa shape index (κ2) is 10.1. The molecule has 0 saturated heterocycles. The molecule has 0 bridgehead atoms. The largest absolute Gasteiger partial charge is 0.396 e. The SMILES string of the molecule is C[C@]12CC(O)C(OCCCN)CC1CC[C@@H]1[C@H]2CC[C@@]2(C)[C@H]1CCC2(O)C=NOCCCN. The third kappa shape index (κ3) is 4.49. The molecule has 0 amide bonds. The van der Waals surface area contributed by atoms with Gasteiger partial charge in [-0.25, -0.2) is 0 Å². The Kier molecular flexibility index (Phi) is 7.76. The normalized spacial score (nSPS) is 47.2. The second-order valence-corrected chi connectivity index (χ2v) is 11.8. The van der Waals surface area contributed by atoms with Gasteiger partial charge in [-0.15, -0.1) is 0 Å². The summed E-state index contributed by atoms with van der Waals surface area (Å²) in [5, 5.41) is 26.8. The van der Waals surface area contributed by atoms with Crippen LogP contribution in [-0.2, 0) is 9.57 Å². The van der Waals surface area contributed by atoms with E-state index in [0.717, 1.165) is 51.4 Å². The first-order valence-corrected chi connectivity index (χ1v) is 13.4. The molecular formula is C26H47N3O4. The zero-order valence-electron chi connectivity index (χ0n) is 20.8. The summed E-state index contributed by atoms with van der Waals surface area (Å²) in [6, 6.07) is 0. The van der Waals surface area contributed by atoms with Crippen LogP contribution in [0.4, 0.5) is 0 Å². The molecular weight excluding hydrogens is 418 g/mol. The summed E-state index contributed by atoms with van der Waals surface area (Å²) in [6.07, 6.45) is 11.0. The smallest absolute Gasteiger partial charge is 0.118 e. The number of rotatable bonds is 9. The minimum atomic E-state index is -0.906. The van der Waals surface area contributed by atoms with E-state index in [0.29, 0.717) is 50.0 Å². The van der Waals surface area contributed by atoms with E-state index in [2.05, 4.69) is 19.0 Å². The highest BCUT2D eigenvalue weighted by atomic mass is 16.6. The van der Waals surface area contributed by atoms with Crippen LogP contribution in [0.5, 0.6) is 0 Å². The molecule has 4 fully saturated rings. The highest BCUT2D eigenvalue weighted by Crippen LogP contribution is 2.68. The second-order valence-electron chi connectivity index (χ2n) is 11.8. The minimum Gasteiger partial charge on any atom is -0.396 e. The number of fused-ring (bicyclic) bond motifs is 5. The van der Waals surface area contributed by atoms with Crippen molar-refractivity contribution in [1.82, 2.24) is 0 Å². The van der Waals surface area contributed by atoms with Crippen LogP contribution in [-0.4, -0.2) is 60.5 Å². The molecule has 4 rings (SSSR count). The quantitative estimate of drug-likeness (QED) is 0.236. The molecule has 0 radical (unpaired) electrons. The fraction of sp³-hybridized carbons (Fsp3) is 0.962. The number of nitrogens with zero attached hydrogens (tertiary/aromatic N) is 1. The third-order valence-electron chi connectivity index (χ3n) is 10.3. The summed E-state index contributed by atoms with van der Waals surface area (Å²) in [7, 11) is 0. The molecule has 9 atom stereocenters. The van der Waals surface area contributed by atoms with Gasteiger partial charge in [0.1, 0.15) is 12.2 Å². The van der Waals surface area contributed by atoms with E-state index >= 15 is 0 Å². The van der Waals surface area contributed by atoms with E-state index in [-0.39, 0.29) is 16.9 Å². The van der Waals surface area contributed by atoms with Gasteiger partial charge in [-0.2, -0.15) is 0 Å². The van der Waals surface area contributed by atoms with Crippen LogP contribution in [0.3, 0.4) is 0 Å². The topological polar surface area (TPSA) is 123 Å². The van der Waals surface area contributed by atoms with E-state index in [9.17, 15) is 10.2 Å². The van der Waals surface area contributed by atoms with Crippen molar-refractivity contribution in [2.45, 2.75) is 95.9 Å². The van der Waals surface area contributed by atoms with Gasteiger partial charge in [-0.1, -0.05) is 19.0 Å². The van der Waals surface area contributed by atoms with Crippen molar-refractivity contribution >= 4 is 6.21 Å². The number of hydrogen-bond donors (Lipinski definition) is 4. The van der Waals surface area contributed by atoms with E-state index in [1.54, 1.807) is 6.21 Å². The summed E-state index contributed by atoms with van der Waals surface area (Å²) in [4.78, 5) is 5.36. The van der Waals surface area contributed by atoms with Crippen LogP contribution < -0.4 is 11.5 Å². The van der Waals surface area contributed by atoms with Crippen LogP contribution in [0.15, 0.2) is 5.16 Å². The Morgan fingerprint density at radius 1 is 1.00 bits per heavy atom. The van der Waals surface area contributed by atoms with Crippen molar-refractivity contribution in [3.63, 3.8) is 0 Å². The van der Waals surface area contributed by atoms with Crippen LogP contribution >= 0.6 is 0 Å². The molecule has 0 aliphatic heterocycles. The van der Waals surface area contributed by atoms with Gasteiger partial charge in [-0.3, -0.25) is 0 Å². The average Bonchev–Trinajstić information content (AvgIpc) is 3.05. The van der Waals surface area contributed by atoms with Gasteiger partial charge < -0.3 is 31.3 Å². The molecule has 0 aromatic carbocycles. The maximum atomic E-state index is 11.6. The molecule has 7 nitrogen and oxygen atoms in total. The Hall–Kier alpha value is -0.730. The molecule has 190 valence electrons. The Morgan fingerprint density at radius 2 is 1.73 bits per heavy atom. The monoisotopic (exact) mass is 465 g/mol. The van der Waals surface area contributed by atoms with Crippen molar-refractivity contribution in [3.8, 4) is 0 Å². The molecule has 4 aliphatic carbocycles. The van der Waals surface area contributed by atoms with Crippen molar-refractivity contribution < 1.29 is 19.8 Å². The third-order valence-corrected chi connectivity index (χ3v) is 10.3. The molecule has 4 unspecified atom stereocenters. The maximum Gasteiger partial charge on any atom is 0.118 e. The Labute approximate surface area is 199 Å². The standard InChI is InChI=1S/C26H47N3O4/c1-24-16-22(30)23(32-13-3-11-27)15-18(24)5-6-19-20(24)7-9-25(2)21(19)8-10-26(25,31)17-29-33-14-4-12-28/h17-23,30-31H,3-16,27-28H2,1-2H3/t18?,19-,20-,21+,22?,23?,24+,25+,26?/m1/s1. The fourth-order valence-corrected chi connectivity index (χ4v) is 8.35. The van der Waals surface area contributed by atoms with E-state index < -0.39 is 11.7 Å². The first-order chi connectivity index (χ1) is 15.8. The van der Waals surface area contributed by atoms with E-state index in [1.165, 1.54) is 12.8 Å². The van der Waals surface area contributed by atoms with Gasteiger partial charge in [0.05, 0.1) is 18.4 Å². The Balaban J connectivity index is 1.45. The zero-order chi connectivity index (χ0) is 23.7. The lowest BCUT2D eigenvalue weighted by molar-refractivity contribution is -0.177. The molecule has 0 aromatic rings. The summed E-state index contributed by atoms with van der Waals surface area (Å²) in [5.74, 6) is 2.30. The predicted octanol–water partition coefficient (Wildman–Crippen LogP) is 2.82. The van der Waals surface area contributed by atoms with Crippen LogP contribution in [0.2, 0.25) is 0 Å². The maximum absolute atomic E-state index is 11.6. The minimum absolute atomic E-state index is 0.0490. The van der Waals surface area contributed by atoms with Crippen molar-refractivity contribution in [2.24, 2.45) is 51.1 Å². The molecule has 0 aromatic heterocycles. The van der Waals surface area contributed by atoms with Crippen LogP contribution in [0.25, 0.3) is 0 Å². The summed E-state index contributed by atoms with van der Waals surface area (Å²) >= 11 is 0. The number of aliphatic hydroxyl groups is 2. The lowest BCUT2D eigenvalue weighted by atomic mass is 9.44. The number of aliphatic hydroxyl groups excluding tert-OH is 1. The number of ether oxygens (including phenoxy) is 1. The zero-order valence-corrected chi connectivity index (χ0v) is 20.8. The van der Waals surface area contributed by atoms with Crippen molar-refractivity contribution in [3.05, 3.63) is 0 Å². The molecule has 7 heteroatoms. The Morgan fingerprint density at radius 3 is 2.48 bits per heavy atom. The van der Waals surface area contributed by atoms with Gasteiger partial charge in [0.15, 0.2) is 0 Å². The summed E-state index contributed by atoms with van der Waals surface area (Å²) < 4.78 is 6.04. The van der Waals surface area contributed by atoms with Gasteiger partial charge in [0.25, 0.3) is 0 Å². The predicted molar refractivity (Wildman–Crippen MR) is 130 cm³/mol. The highest BCUT2D eigenvalue weighted by molar-refractivity contribution is 5.70. The van der Waals surface area contributed by atoms with Gasteiger partial charge >= 0.3 is 0 Å². The number of oxime groups is 1. The highest BCUT2D eigenvalue weighted by Gasteiger charge is 2.65. The summed E-state index contributed by atoms with van der Waals surface area (Å²) in [5.41, 5.74) is 10.2. The molecule has 4 saturated carbocycles. The lowest BCUT2D eigenvalue weighted by Crippen LogP contribution is -2.59. The fourth-order valence-electron chi connectivity index (χ4n) is 8.35. The van der Waals surface area contributed by atoms with Crippen LogP contribution in [0, 0.1) is 34.5 Å². The molecule has 4 aliphatic rings. The van der Waals surface area contributed by atoms with Crippen LogP contribution in [0.1, 0.15) is 78.1 Å². The average molecular weight is 466 g/mol. The number of nitrogens with two attached hydrogens (primary N) is 2. The Bertz CT molecular complexity index is 692. The molecule has 0 heterocycles. The van der Waals surface area contributed by atoms with E-state index in [1.807, 2.05) is 0 Å². The first-order valence-electron chi connectivity index (χ1n) is 13.4. The van der Waals surface area contributed by atoms with E-state index in [4.69, 9.17) is 21.0 Å². The molecule has 33 heavy (non-hydrogen) atoms. The van der Waals surface area contributed by atoms with Gasteiger partial charge in [-0.05, 0) is 106 Å².